The average Bonchev–Trinajstić information content (AvgIpc) is 2.73. The zero-order chi connectivity index (χ0) is 14.9. The molecule has 0 fully saturated rings. The Morgan fingerprint density at radius 2 is 2.05 bits per heavy atom. The Bertz CT molecular complexity index is 650. The van der Waals surface area contributed by atoms with Crippen LogP contribution >= 0.6 is 0 Å². The minimum Gasteiger partial charge on any atom is -0.465 e. The monoisotopic (exact) mass is 285 g/mol. The van der Waals surface area contributed by atoms with Gasteiger partial charge in [0.05, 0.1) is 17.6 Å². The third-order valence-corrected chi connectivity index (χ3v) is 2.51. The van der Waals surface area contributed by atoms with Crippen LogP contribution in [0.25, 0.3) is 5.69 Å². The first kappa shape index (κ1) is 13.9. The zero-order valence-corrected chi connectivity index (χ0v) is 10.3. The van der Waals surface area contributed by atoms with E-state index in [1.54, 1.807) is 13.1 Å². The van der Waals surface area contributed by atoms with Crippen molar-refractivity contribution in [2.24, 2.45) is 0 Å². The first-order chi connectivity index (χ1) is 9.25. The van der Waals surface area contributed by atoms with Crippen LogP contribution in [0.1, 0.15) is 11.3 Å². The van der Waals surface area contributed by atoms with Crippen molar-refractivity contribution in [3.63, 3.8) is 0 Å². The number of benzene rings is 1. The van der Waals surface area contributed by atoms with Crippen LogP contribution in [0, 0.1) is 6.92 Å². The van der Waals surface area contributed by atoms with Crippen LogP contribution in [-0.2, 0) is 6.18 Å². The quantitative estimate of drug-likeness (QED) is 0.889. The van der Waals surface area contributed by atoms with E-state index in [1.807, 2.05) is 5.32 Å². The molecule has 1 aromatic carbocycles. The Kier molecular flexibility index (Phi) is 3.39. The van der Waals surface area contributed by atoms with Gasteiger partial charge in [-0.2, -0.15) is 13.2 Å². The van der Waals surface area contributed by atoms with E-state index in [4.69, 9.17) is 5.11 Å². The third kappa shape index (κ3) is 3.08. The highest BCUT2D eigenvalue weighted by Gasteiger charge is 2.31. The molecule has 0 saturated heterocycles. The number of imidazole rings is 1. The van der Waals surface area contributed by atoms with Crippen LogP contribution in [0.3, 0.4) is 0 Å². The molecule has 0 aliphatic rings. The minimum atomic E-state index is -4.57. The number of alkyl halides is 3. The van der Waals surface area contributed by atoms with E-state index in [0.717, 1.165) is 12.1 Å². The highest BCUT2D eigenvalue weighted by molar-refractivity contribution is 5.83. The summed E-state index contributed by atoms with van der Waals surface area (Å²) in [5.74, 6) is 0. The van der Waals surface area contributed by atoms with Gasteiger partial charge >= 0.3 is 12.3 Å². The van der Waals surface area contributed by atoms with Crippen molar-refractivity contribution in [3.05, 3.63) is 42.0 Å². The third-order valence-electron chi connectivity index (χ3n) is 2.51. The fourth-order valence-corrected chi connectivity index (χ4v) is 1.68. The van der Waals surface area contributed by atoms with Gasteiger partial charge in [0.2, 0.25) is 0 Å². The van der Waals surface area contributed by atoms with Crippen molar-refractivity contribution in [2.45, 2.75) is 13.1 Å². The number of rotatable bonds is 2. The van der Waals surface area contributed by atoms with Gasteiger partial charge < -0.3 is 9.67 Å². The minimum absolute atomic E-state index is 0.159. The molecule has 0 spiro atoms. The fourth-order valence-electron chi connectivity index (χ4n) is 1.68. The van der Waals surface area contributed by atoms with Crippen LogP contribution in [0.4, 0.5) is 23.7 Å². The van der Waals surface area contributed by atoms with Gasteiger partial charge in [0.1, 0.15) is 0 Å². The molecule has 1 amide bonds. The van der Waals surface area contributed by atoms with Crippen LogP contribution < -0.4 is 5.32 Å². The Hall–Kier alpha value is -2.51. The molecule has 5 nitrogen and oxygen atoms in total. The Labute approximate surface area is 111 Å². The first-order valence-electron chi connectivity index (χ1n) is 5.49. The summed E-state index contributed by atoms with van der Waals surface area (Å²) in [6.45, 7) is 1.69. The molecule has 0 bridgehead atoms. The molecule has 20 heavy (non-hydrogen) atoms. The summed E-state index contributed by atoms with van der Waals surface area (Å²) in [5.41, 5.74) is -0.293. The lowest BCUT2D eigenvalue weighted by Gasteiger charge is -2.12. The van der Waals surface area contributed by atoms with E-state index < -0.39 is 17.8 Å². The van der Waals surface area contributed by atoms with Crippen LogP contribution in [0.2, 0.25) is 0 Å². The van der Waals surface area contributed by atoms with Crippen molar-refractivity contribution in [1.82, 2.24) is 9.55 Å². The summed E-state index contributed by atoms with van der Waals surface area (Å²) in [6, 6.07) is 2.96. The number of anilines is 1. The fraction of sp³-hybridized carbons (Fsp3) is 0.167. The molecule has 106 valence electrons. The van der Waals surface area contributed by atoms with Crippen molar-refractivity contribution in [3.8, 4) is 5.69 Å². The van der Waals surface area contributed by atoms with E-state index in [-0.39, 0.29) is 11.4 Å². The molecule has 2 rings (SSSR count). The second-order valence-electron chi connectivity index (χ2n) is 4.12. The molecule has 8 heteroatoms. The topological polar surface area (TPSA) is 67.2 Å². The lowest BCUT2D eigenvalue weighted by molar-refractivity contribution is -0.137. The highest BCUT2D eigenvalue weighted by Crippen LogP contribution is 2.33. The molecule has 1 heterocycles. The maximum atomic E-state index is 12.8. The van der Waals surface area contributed by atoms with Gasteiger partial charge in [-0.1, -0.05) is 0 Å². The molecule has 2 N–H and O–H groups in total. The molecule has 0 atom stereocenters. The average molecular weight is 285 g/mol. The summed E-state index contributed by atoms with van der Waals surface area (Å²) in [4.78, 5) is 14.5. The summed E-state index contributed by atoms with van der Waals surface area (Å²) < 4.78 is 39.8. The largest absolute Gasteiger partial charge is 0.465 e. The molecule has 2 aromatic rings. The number of hydrogen-bond acceptors (Lipinski definition) is 2. The second-order valence-corrected chi connectivity index (χ2v) is 4.12. The number of amides is 1. The number of nitrogens with one attached hydrogen (secondary N) is 1. The molecule has 0 unspecified atom stereocenters. The second kappa shape index (κ2) is 4.87. The summed E-state index contributed by atoms with van der Waals surface area (Å²) >= 11 is 0. The normalized spacial score (nSPS) is 11.4. The van der Waals surface area contributed by atoms with E-state index in [1.165, 1.54) is 17.0 Å². The van der Waals surface area contributed by atoms with Crippen LogP contribution in [0.5, 0.6) is 0 Å². The summed E-state index contributed by atoms with van der Waals surface area (Å²) in [6.07, 6.45) is -3.10. The summed E-state index contributed by atoms with van der Waals surface area (Å²) in [5, 5.41) is 10.5. The number of aromatic nitrogens is 2. The van der Waals surface area contributed by atoms with E-state index in [0.29, 0.717) is 5.69 Å². The zero-order valence-electron chi connectivity index (χ0n) is 10.3. The molecule has 1 aromatic heterocycles. The predicted octanol–water partition coefficient (Wildman–Crippen LogP) is 3.29. The van der Waals surface area contributed by atoms with Crippen molar-refractivity contribution in [2.75, 3.05) is 5.32 Å². The predicted molar refractivity (Wildman–Crippen MR) is 65.0 cm³/mol. The molecule has 0 aliphatic heterocycles. The number of carbonyl (C=O) groups is 1. The maximum absolute atomic E-state index is 12.8. The van der Waals surface area contributed by atoms with Gasteiger partial charge in [0, 0.05) is 17.6 Å². The molecular formula is C12H10F3N3O2. The van der Waals surface area contributed by atoms with Gasteiger partial charge in [-0.05, 0) is 25.1 Å². The Morgan fingerprint density at radius 3 is 2.55 bits per heavy atom. The van der Waals surface area contributed by atoms with Crippen LogP contribution in [-0.4, -0.2) is 20.8 Å². The SMILES string of the molecule is Cc1cn(-c2cc(NC(=O)O)cc(C(F)(F)F)c2)cn1. The molecule has 0 radical (unpaired) electrons. The van der Waals surface area contributed by atoms with Gasteiger partial charge in [0.25, 0.3) is 0 Å². The Balaban J connectivity index is 2.53. The lowest BCUT2D eigenvalue weighted by atomic mass is 10.1. The molecular weight excluding hydrogens is 275 g/mol. The number of nitrogens with zero attached hydrogens (tertiary/aromatic N) is 2. The van der Waals surface area contributed by atoms with Crippen molar-refractivity contribution < 1.29 is 23.1 Å². The molecule has 0 saturated carbocycles. The van der Waals surface area contributed by atoms with Crippen molar-refractivity contribution >= 4 is 11.8 Å². The van der Waals surface area contributed by atoms with Gasteiger partial charge in [-0.15, -0.1) is 0 Å². The smallest absolute Gasteiger partial charge is 0.416 e. The van der Waals surface area contributed by atoms with Gasteiger partial charge in [-0.3, -0.25) is 5.32 Å². The number of halogens is 3. The van der Waals surface area contributed by atoms with E-state index in [9.17, 15) is 18.0 Å². The van der Waals surface area contributed by atoms with E-state index in [2.05, 4.69) is 4.98 Å². The first-order valence-corrected chi connectivity index (χ1v) is 5.49. The van der Waals surface area contributed by atoms with Gasteiger partial charge in [-0.25, -0.2) is 9.78 Å². The lowest BCUT2D eigenvalue weighted by Crippen LogP contribution is -2.11. The molecule has 0 aliphatic carbocycles. The Morgan fingerprint density at radius 1 is 1.35 bits per heavy atom. The number of aryl methyl sites for hydroxylation is 1. The maximum Gasteiger partial charge on any atom is 0.416 e. The van der Waals surface area contributed by atoms with Crippen molar-refractivity contribution in [1.29, 1.82) is 0 Å². The van der Waals surface area contributed by atoms with Crippen LogP contribution in [0.15, 0.2) is 30.7 Å². The van der Waals surface area contributed by atoms with E-state index >= 15 is 0 Å². The van der Waals surface area contributed by atoms with Gasteiger partial charge in [0.15, 0.2) is 0 Å². The highest BCUT2D eigenvalue weighted by atomic mass is 19.4. The number of hydrogen-bond donors (Lipinski definition) is 2. The number of carboxylic acid groups (broad SMARTS) is 1. The summed E-state index contributed by atoms with van der Waals surface area (Å²) in [7, 11) is 0. The standard InChI is InChI=1S/C12H10F3N3O2/c1-7-5-18(6-16-7)10-3-8(12(13,14)15)2-9(4-10)17-11(19)20/h2-6,17H,1H3,(H,19,20).